The largest absolute Gasteiger partial charge is 0.465 e. The van der Waals surface area contributed by atoms with E-state index in [9.17, 15) is 9.90 Å². The summed E-state index contributed by atoms with van der Waals surface area (Å²) in [7, 11) is 1.36. The second-order valence-electron chi connectivity index (χ2n) is 4.25. The van der Waals surface area contributed by atoms with Gasteiger partial charge < -0.3 is 9.84 Å². The third-order valence-electron chi connectivity index (χ3n) is 3.32. The van der Waals surface area contributed by atoms with E-state index in [2.05, 4.69) is 0 Å². The second kappa shape index (κ2) is 3.96. The van der Waals surface area contributed by atoms with Crippen molar-refractivity contribution in [3.8, 4) is 11.1 Å². The molecule has 90 valence electrons. The summed E-state index contributed by atoms with van der Waals surface area (Å²) in [6.45, 7) is 0. The number of aliphatic hydroxyl groups is 1. The Kier molecular flexibility index (Phi) is 2.42. The molecule has 1 aliphatic rings. The standard InChI is InChI=1S/C15H12O3/c1-18-15(17)12-8-4-7-11-13(12)9-5-2-3-6-10(9)14(11)16/h2-8,14,16H,1H3/t14-/m0/s1. The van der Waals surface area contributed by atoms with Gasteiger partial charge in [0.15, 0.2) is 0 Å². The molecular formula is C15H12O3. The quantitative estimate of drug-likeness (QED) is 0.779. The van der Waals surface area contributed by atoms with Crippen LogP contribution in [0.1, 0.15) is 27.6 Å². The van der Waals surface area contributed by atoms with Gasteiger partial charge in [-0.25, -0.2) is 4.79 Å². The smallest absolute Gasteiger partial charge is 0.338 e. The summed E-state index contributed by atoms with van der Waals surface area (Å²) in [6.07, 6.45) is -0.666. The monoisotopic (exact) mass is 240 g/mol. The lowest BCUT2D eigenvalue weighted by Gasteiger charge is -2.07. The van der Waals surface area contributed by atoms with Gasteiger partial charge in [-0.05, 0) is 22.8 Å². The zero-order valence-corrected chi connectivity index (χ0v) is 9.88. The first-order valence-electron chi connectivity index (χ1n) is 5.72. The molecule has 0 unspecified atom stereocenters. The van der Waals surface area contributed by atoms with Crippen molar-refractivity contribution in [1.29, 1.82) is 0 Å². The van der Waals surface area contributed by atoms with Crippen molar-refractivity contribution in [3.05, 3.63) is 59.2 Å². The highest BCUT2D eigenvalue weighted by atomic mass is 16.5. The van der Waals surface area contributed by atoms with Gasteiger partial charge in [-0.15, -0.1) is 0 Å². The van der Waals surface area contributed by atoms with E-state index in [4.69, 9.17) is 4.74 Å². The molecule has 0 bridgehead atoms. The number of benzene rings is 2. The fourth-order valence-corrected chi connectivity index (χ4v) is 2.51. The fraction of sp³-hybridized carbons (Fsp3) is 0.133. The fourth-order valence-electron chi connectivity index (χ4n) is 2.51. The summed E-state index contributed by atoms with van der Waals surface area (Å²) >= 11 is 0. The van der Waals surface area contributed by atoms with Crippen LogP contribution in [0.4, 0.5) is 0 Å². The molecule has 2 aromatic rings. The zero-order valence-electron chi connectivity index (χ0n) is 9.88. The maximum atomic E-state index is 11.8. The molecular weight excluding hydrogens is 228 g/mol. The number of fused-ring (bicyclic) bond motifs is 3. The van der Waals surface area contributed by atoms with Gasteiger partial charge in [-0.3, -0.25) is 0 Å². The molecule has 0 amide bonds. The van der Waals surface area contributed by atoms with Gasteiger partial charge in [0.05, 0.1) is 12.7 Å². The Bertz CT molecular complexity index is 631. The summed E-state index contributed by atoms with van der Waals surface area (Å²) in [4.78, 5) is 11.8. The van der Waals surface area contributed by atoms with Crippen molar-refractivity contribution >= 4 is 5.97 Å². The van der Waals surface area contributed by atoms with Crippen LogP contribution in [0.3, 0.4) is 0 Å². The van der Waals surface area contributed by atoms with Crippen molar-refractivity contribution < 1.29 is 14.6 Å². The van der Waals surface area contributed by atoms with E-state index in [1.807, 2.05) is 30.3 Å². The molecule has 0 radical (unpaired) electrons. The predicted octanol–water partition coefficient (Wildman–Crippen LogP) is 2.54. The first-order chi connectivity index (χ1) is 8.74. The van der Waals surface area contributed by atoms with Gasteiger partial charge in [-0.1, -0.05) is 36.4 Å². The average Bonchev–Trinajstić information content (AvgIpc) is 2.72. The van der Waals surface area contributed by atoms with Crippen molar-refractivity contribution in [2.75, 3.05) is 7.11 Å². The zero-order chi connectivity index (χ0) is 12.7. The van der Waals surface area contributed by atoms with E-state index in [1.165, 1.54) is 7.11 Å². The summed E-state index contributed by atoms with van der Waals surface area (Å²) < 4.78 is 4.79. The number of hydrogen-bond donors (Lipinski definition) is 1. The van der Waals surface area contributed by atoms with Gasteiger partial charge in [0.1, 0.15) is 6.10 Å². The number of esters is 1. The number of hydrogen-bond acceptors (Lipinski definition) is 3. The Morgan fingerprint density at radius 3 is 2.61 bits per heavy atom. The Balaban J connectivity index is 2.31. The number of carbonyl (C=O) groups excluding carboxylic acids is 1. The Morgan fingerprint density at radius 1 is 1.11 bits per heavy atom. The molecule has 3 rings (SSSR count). The minimum Gasteiger partial charge on any atom is -0.465 e. The van der Waals surface area contributed by atoms with Crippen LogP contribution in [0.5, 0.6) is 0 Å². The maximum absolute atomic E-state index is 11.8. The molecule has 18 heavy (non-hydrogen) atoms. The molecule has 2 aromatic carbocycles. The lowest BCUT2D eigenvalue weighted by molar-refractivity contribution is 0.0601. The number of ether oxygens (including phenoxy) is 1. The van der Waals surface area contributed by atoms with Gasteiger partial charge in [0.25, 0.3) is 0 Å². The van der Waals surface area contributed by atoms with E-state index < -0.39 is 6.10 Å². The normalized spacial score (nSPS) is 16.0. The van der Waals surface area contributed by atoms with E-state index in [-0.39, 0.29) is 5.97 Å². The van der Waals surface area contributed by atoms with Crippen molar-refractivity contribution in [2.24, 2.45) is 0 Å². The van der Waals surface area contributed by atoms with E-state index in [0.717, 1.165) is 22.3 Å². The molecule has 0 fully saturated rings. The number of rotatable bonds is 1. The Morgan fingerprint density at radius 2 is 1.83 bits per heavy atom. The minimum absolute atomic E-state index is 0.379. The molecule has 1 aliphatic carbocycles. The van der Waals surface area contributed by atoms with Crippen LogP contribution in [0, 0.1) is 0 Å². The highest BCUT2D eigenvalue weighted by Crippen LogP contribution is 2.44. The average molecular weight is 240 g/mol. The molecule has 3 nitrogen and oxygen atoms in total. The van der Waals surface area contributed by atoms with Crippen molar-refractivity contribution in [3.63, 3.8) is 0 Å². The molecule has 0 heterocycles. The molecule has 3 heteroatoms. The maximum Gasteiger partial charge on any atom is 0.338 e. The molecule has 0 saturated carbocycles. The van der Waals surface area contributed by atoms with Crippen molar-refractivity contribution in [2.45, 2.75) is 6.10 Å². The lowest BCUT2D eigenvalue weighted by atomic mass is 9.99. The minimum atomic E-state index is -0.666. The predicted molar refractivity (Wildman–Crippen MR) is 67.3 cm³/mol. The highest BCUT2D eigenvalue weighted by molar-refractivity contribution is 6.00. The Hall–Kier alpha value is -2.13. The third-order valence-corrected chi connectivity index (χ3v) is 3.32. The van der Waals surface area contributed by atoms with Crippen LogP contribution in [0.25, 0.3) is 11.1 Å². The van der Waals surface area contributed by atoms with Gasteiger partial charge in [-0.2, -0.15) is 0 Å². The van der Waals surface area contributed by atoms with E-state index >= 15 is 0 Å². The van der Waals surface area contributed by atoms with Crippen LogP contribution >= 0.6 is 0 Å². The van der Waals surface area contributed by atoms with E-state index in [0.29, 0.717) is 5.56 Å². The SMILES string of the molecule is COC(=O)c1cccc2c1-c1ccccc1[C@@H]2O. The van der Waals surface area contributed by atoms with Crippen LogP contribution in [-0.2, 0) is 4.74 Å². The molecule has 1 atom stereocenters. The third kappa shape index (κ3) is 1.38. The molecule has 0 aromatic heterocycles. The van der Waals surface area contributed by atoms with Gasteiger partial charge >= 0.3 is 5.97 Å². The van der Waals surface area contributed by atoms with Gasteiger partial charge in [0, 0.05) is 5.56 Å². The molecule has 0 aliphatic heterocycles. The van der Waals surface area contributed by atoms with Crippen molar-refractivity contribution in [1.82, 2.24) is 0 Å². The van der Waals surface area contributed by atoms with Gasteiger partial charge in [0.2, 0.25) is 0 Å². The highest BCUT2D eigenvalue weighted by Gasteiger charge is 2.30. The summed E-state index contributed by atoms with van der Waals surface area (Å²) in [5.41, 5.74) is 3.79. The van der Waals surface area contributed by atoms with E-state index in [1.54, 1.807) is 12.1 Å². The summed E-state index contributed by atoms with van der Waals surface area (Å²) in [6, 6.07) is 12.9. The first kappa shape index (κ1) is 11.0. The van der Waals surface area contributed by atoms with Crippen LogP contribution < -0.4 is 0 Å². The van der Waals surface area contributed by atoms with Crippen LogP contribution in [0.2, 0.25) is 0 Å². The Labute approximate surface area is 105 Å². The lowest BCUT2D eigenvalue weighted by Crippen LogP contribution is -2.04. The topological polar surface area (TPSA) is 46.5 Å². The summed E-state index contributed by atoms with van der Waals surface area (Å²) in [5, 5.41) is 10.3. The van der Waals surface area contributed by atoms with Crippen LogP contribution in [0.15, 0.2) is 42.5 Å². The van der Waals surface area contributed by atoms with Crippen LogP contribution in [-0.4, -0.2) is 18.2 Å². The molecule has 1 N–H and O–H groups in total. The number of carbonyl (C=O) groups is 1. The summed E-state index contributed by atoms with van der Waals surface area (Å²) in [5.74, 6) is -0.379. The number of aliphatic hydroxyl groups excluding tert-OH is 1. The molecule has 0 spiro atoms. The second-order valence-corrected chi connectivity index (χ2v) is 4.25. The first-order valence-corrected chi connectivity index (χ1v) is 5.72. The molecule has 0 saturated heterocycles. The number of methoxy groups -OCH3 is 1.